The number of hydrogen-bond donors (Lipinski definition) is 1. The normalized spacial score (nSPS) is 17.0. The predicted octanol–water partition coefficient (Wildman–Crippen LogP) is -0.369. The molecule has 0 radical (unpaired) electrons. The maximum absolute atomic E-state index is 11.2. The summed E-state index contributed by atoms with van der Waals surface area (Å²) in [6.07, 6.45) is 1.39. The highest BCUT2D eigenvalue weighted by Crippen LogP contribution is 2.27. The number of esters is 1. The number of nitrogens with one attached hydrogen (secondary N) is 1. The van der Waals surface area contributed by atoms with E-state index in [0.717, 1.165) is 0 Å². The molecule has 0 atom stereocenters. The van der Waals surface area contributed by atoms with Crippen LogP contribution in [0.2, 0.25) is 0 Å². The van der Waals surface area contributed by atoms with Gasteiger partial charge in [-0.2, -0.15) is 0 Å². The zero-order valence-corrected chi connectivity index (χ0v) is 8.26. The summed E-state index contributed by atoms with van der Waals surface area (Å²) in [5, 5.41) is -0.290. The van der Waals surface area contributed by atoms with E-state index >= 15 is 0 Å². The number of carbonyl (C=O) groups is 1. The maximum Gasteiger partial charge on any atom is 0.320 e. The average Bonchev–Trinajstić information content (AvgIpc) is 2.84. The van der Waals surface area contributed by atoms with Crippen molar-refractivity contribution in [1.29, 1.82) is 0 Å². The Bertz CT molecular complexity index is 281. The molecule has 0 saturated heterocycles. The lowest BCUT2D eigenvalue weighted by Gasteiger charge is -2.04. The first kappa shape index (κ1) is 10.5. The molecule has 13 heavy (non-hydrogen) atoms. The zero-order chi connectivity index (χ0) is 9.90. The number of carbonyl (C=O) groups excluding carboxylic acids is 1. The first-order valence-corrected chi connectivity index (χ1v) is 5.75. The number of hydrogen-bond acceptors (Lipinski definition) is 4. The molecule has 1 aliphatic rings. The van der Waals surface area contributed by atoms with Crippen LogP contribution < -0.4 is 4.72 Å². The Balaban J connectivity index is 2.29. The van der Waals surface area contributed by atoms with E-state index in [1.54, 1.807) is 6.92 Å². The SMILES string of the molecule is CCOC(=O)CNS(=O)(=O)C1CC1. The van der Waals surface area contributed by atoms with Crippen molar-refractivity contribution in [2.75, 3.05) is 13.2 Å². The molecule has 5 nitrogen and oxygen atoms in total. The lowest BCUT2D eigenvalue weighted by molar-refractivity contribution is -0.141. The molecule has 1 aliphatic carbocycles. The molecule has 6 heteroatoms. The highest BCUT2D eigenvalue weighted by atomic mass is 32.2. The highest BCUT2D eigenvalue weighted by molar-refractivity contribution is 7.90. The van der Waals surface area contributed by atoms with E-state index in [1.165, 1.54) is 0 Å². The molecular formula is C7H13NO4S. The summed E-state index contributed by atoms with van der Waals surface area (Å²) in [6, 6.07) is 0. The van der Waals surface area contributed by atoms with Gasteiger partial charge in [-0.15, -0.1) is 0 Å². The first-order valence-electron chi connectivity index (χ1n) is 4.20. The van der Waals surface area contributed by atoms with Gasteiger partial charge in [0.1, 0.15) is 6.54 Å². The van der Waals surface area contributed by atoms with E-state index in [-0.39, 0.29) is 18.4 Å². The van der Waals surface area contributed by atoms with Crippen molar-refractivity contribution in [3.8, 4) is 0 Å². The van der Waals surface area contributed by atoms with Gasteiger partial charge in [-0.25, -0.2) is 13.1 Å². The molecular weight excluding hydrogens is 194 g/mol. The minimum Gasteiger partial charge on any atom is -0.465 e. The third-order valence-corrected chi connectivity index (χ3v) is 3.58. The molecule has 0 aromatic rings. The van der Waals surface area contributed by atoms with Gasteiger partial charge in [-0.05, 0) is 19.8 Å². The molecule has 1 saturated carbocycles. The molecule has 0 amide bonds. The lowest BCUT2D eigenvalue weighted by Crippen LogP contribution is -2.33. The minimum absolute atomic E-state index is 0.257. The average molecular weight is 207 g/mol. The van der Waals surface area contributed by atoms with Gasteiger partial charge in [0.2, 0.25) is 10.0 Å². The summed E-state index contributed by atoms with van der Waals surface area (Å²) >= 11 is 0. The van der Waals surface area contributed by atoms with E-state index in [0.29, 0.717) is 12.8 Å². The first-order chi connectivity index (χ1) is 6.06. The summed E-state index contributed by atoms with van der Waals surface area (Å²) in [6.45, 7) is 1.68. The molecule has 0 bridgehead atoms. The fraction of sp³-hybridized carbons (Fsp3) is 0.857. The van der Waals surface area contributed by atoms with Crippen molar-refractivity contribution < 1.29 is 17.9 Å². The standard InChI is InChI=1S/C7H13NO4S/c1-2-12-7(9)5-8-13(10,11)6-3-4-6/h6,8H,2-5H2,1H3. The second-order valence-electron chi connectivity index (χ2n) is 2.87. The fourth-order valence-corrected chi connectivity index (χ4v) is 2.18. The summed E-state index contributed by atoms with van der Waals surface area (Å²) < 4.78 is 29.1. The third-order valence-electron chi connectivity index (χ3n) is 1.69. The zero-order valence-electron chi connectivity index (χ0n) is 7.45. The fourth-order valence-electron chi connectivity index (χ4n) is 0.868. The Morgan fingerprint density at radius 2 is 2.15 bits per heavy atom. The van der Waals surface area contributed by atoms with Crippen molar-refractivity contribution in [3.63, 3.8) is 0 Å². The second kappa shape index (κ2) is 4.06. The van der Waals surface area contributed by atoms with Crippen LogP contribution in [0.1, 0.15) is 19.8 Å². The second-order valence-corrected chi connectivity index (χ2v) is 4.92. The van der Waals surface area contributed by atoms with E-state index in [9.17, 15) is 13.2 Å². The van der Waals surface area contributed by atoms with Crippen LogP contribution in [0.4, 0.5) is 0 Å². The number of ether oxygens (including phenoxy) is 1. The quantitative estimate of drug-likeness (QED) is 0.624. The van der Waals surface area contributed by atoms with Crippen molar-refractivity contribution in [2.45, 2.75) is 25.0 Å². The molecule has 0 aromatic carbocycles. The molecule has 1 N–H and O–H groups in total. The van der Waals surface area contributed by atoms with Crippen LogP contribution in [0.15, 0.2) is 0 Å². The van der Waals surface area contributed by atoms with Gasteiger partial charge in [-0.3, -0.25) is 4.79 Å². The van der Waals surface area contributed by atoms with Gasteiger partial charge in [0.15, 0.2) is 0 Å². The van der Waals surface area contributed by atoms with Crippen molar-refractivity contribution in [2.24, 2.45) is 0 Å². The van der Waals surface area contributed by atoms with E-state index in [1.807, 2.05) is 0 Å². The van der Waals surface area contributed by atoms with Gasteiger partial charge in [0.05, 0.1) is 11.9 Å². The molecule has 1 rings (SSSR count). The molecule has 0 unspecified atom stereocenters. The smallest absolute Gasteiger partial charge is 0.320 e. The number of sulfonamides is 1. The third kappa shape index (κ3) is 3.31. The van der Waals surface area contributed by atoms with E-state index in [2.05, 4.69) is 9.46 Å². The van der Waals surface area contributed by atoms with Crippen molar-refractivity contribution in [1.82, 2.24) is 4.72 Å². The molecule has 76 valence electrons. The van der Waals surface area contributed by atoms with Gasteiger partial charge >= 0.3 is 5.97 Å². The Labute approximate surface area is 77.5 Å². The Kier molecular flexibility index (Phi) is 3.27. The van der Waals surface area contributed by atoms with Crippen LogP contribution in [0.5, 0.6) is 0 Å². The van der Waals surface area contributed by atoms with Crippen LogP contribution in [0.3, 0.4) is 0 Å². The molecule has 0 aliphatic heterocycles. The van der Waals surface area contributed by atoms with E-state index < -0.39 is 16.0 Å². The Hall–Kier alpha value is -0.620. The van der Waals surface area contributed by atoms with Crippen LogP contribution in [0, 0.1) is 0 Å². The monoisotopic (exact) mass is 207 g/mol. The molecule has 0 spiro atoms. The summed E-state index contributed by atoms with van der Waals surface area (Å²) in [7, 11) is -3.25. The van der Waals surface area contributed by atoms with Crippen LogP contribution in [-0.4, -0.2) is 32.8 Å². The number of rotatable bonds is 5. The largest absolute Gasteiger partial charge is 0.465 e. The Morgan fingerprint density at radius 3 is 2.62 bits per heavy atom. The van der Waals surface area contributed by atoms with Crippen LogP contribution in [-0.2, 0) is 19.6 Å². The van der Waals surface area contributed by atoms with Gasteiger partial charge in [0, 0.05) is 0 Å². The van der Waals surface area contributed by atoms with Gasteiger partial charge in [-0.1, -0.05) is 0 Å². The van der Waals surface area contributed by atoms with Crippen LogP contribution in [0.25, 0.3) is 0 Å². The van der Waals surface area contributed by atoms with E-state index in [4.69, 9.17) is 0 Å². The predicted molar refractivity (Wildman–Crippen MR) is 46.6 cm³/mol. The minimum atomic E-state index is -3.25. The van der Waals surface area contributed by atoms with Crippen molar-refractivity contribution >= 4 is 16.0 Å². The van der Waals surface area contributed by atoms with Gasteiger partial charge < -0.3 is 4.74 Å². The lowest BCUT2D eigenvalue weighted by atomic mass is 10.7. The van der Waals surface area contributed by atoms with Crippen molar-refractivity contribution in [3.05, 3.63) is 0 Å². The highest BCUT2D eigenvalue weighted by Gasteiger charge is 2.35. The summed E-state index contributed by atoms with van der Waals surface area (Å²) in [5.74, 6) is -0.535. The van der Waals surface area contributed by atoms with Gasteiger partial charge in [0.25, 0.3) is 0 Å². The molecule has 0 heterocycles. The molecule has 0 aromatic heterocycles. The Morgan fingerprint density at radius 1 is 1.54 bits per heavy atom. The summed E-state index contributed by atoms with van der Waals surface area (Å²) in [4.78, 5) is 10.8. The molecule has 1 fully saturated rings. The van der Waals surface area contributed by atoms with Crippen LogP contribution >= 0.6 is 0 Å². The maximum atomic E-state index is 11.2. The summed E-state index contributed by atoms with van der Waals surface area (Å²) in [5.41, 5.74) is 0. The topological polar surface area (TPSA) is 72.5 Å².